The summed E-state index contributed by atoms with van der Waals surface area (Å²) in [6.07, 6.45) is 0. The average molecular weight is 285 g/mol. The number of anilines is 1. The van der Waals surface area contributed by atoms with Gasteiger partial charge in [0.25, 0.3) is 0 Å². The minimum absolute atomic E-state index is 0. The highest BCUT2D eigenvalue weighted by Gasteiger charge is 2.16. The number of amidine groups is 1. The maximum absolute atomic E-state index is 8.90. The van der Waals surface area contributed by atoms with Crippen molar-refractivity contribution >= 4 is 23.9 Å². The van der Waals surface area contributed by atoms with E-state index in [1.165, 1.54) is 5.69 Å². The van der Waals surface area contributed by atoms with Crippen LogP contribution in [0.3, 0.4) is 0 Å². The van der Waals surface area contributed by atoms with Crippen LogP contribution in [-0.2, 0) is 0 Å². The standard InChI is InChI=1S/C13H20N4O.ClH/c14-13(15)11-1-3-12(4-2-11)17-7-5-16(6-8-17)9-10-18;/h1-4,18H,5-10H2,(H3,14,15);1H. The number of rotatable bonds is 4. The van der Waals surface area contributed by atoms with Gasteiger partial charge in [-0.3, -0.25) is 10.3 Å². The Morgan fingerprint density at radius 1 is 1.16 bits per heavy atom. The summed E-state index contributed by atoms with van der Waals surface area (Å²) in [4.78, 5) is 4.58. The van der Waals surface area contributed by atoms with Gasteiger partial charge in [-0.1, -0.05) is 0 Å². The second kappa shape index (κ2) is 7.33. The monoisotopic (exact) mass is 284 g/mol. The Hall–Kier alpha value is -1.30. The number of nitrogens with zero attached hydrogens (tertiary/aromatic N) is 2. The Kier molecular flexibility index (Phi) is 6.08. The van der Waals surface area contributed by atoms with Gasteiger partial charge in [-0.25, -0.2) is 0 Å². The molecular weight excluding hydrogens is 264 g/mol. The highest BCUT2D eigenvalue weighted by atomic mass is 35.5. The summed E-state index contributed by atoms with van der Waals surface area (Å²) in [5.74, 6) is 0.106. The van der Waals surface area contributed by atoms with E-state index in [1.807, 2.05) is 24.3 Å². The largest absolute Gasteiger partial charge is 0.395 e. The second-order valence-electron chi connectivity index (χ2n) is 4.51. The van der Waals surface area contributed by atoms with Crippen LogP contribution < -0.4 is 10.6 Å². The van der Waals surface area contributed by atoms with E-state index in [-0.39, 0.29) is 24.8 Å². The predicted octanol–water partition coefficient (Wildman–Crippen LogP) is 0.507. The van der Waals surface area contributed by atoms with Gasteiger partial charge in [0.05, 0.1) is 6.61 Å². The van der Waals surface area contributed by atoms with Crippen molar-refractivity contribution in [2.75, 3.05) is 44.2 Å². The van der Waals surface area contributed by atoms with E-state index in [4.69, 9.17) is 16.2 Å². The number of aliphatic hydroxyl groups is 1. The Morgan fingerprint density at radius 2 is 1.74 bits per heavy atom. The van der Waals surface area contributed by atoms with Crippen molar-refractivity contribution in [3.8, 4) is 0 Å². The summed E-state index contributed by atoms with van der Waals surface area (Å²) >= 11 is 0. The number of aliphatic hydroxyl groups excluding tert-OH is 1. The van der Waals surface area contributed by atoms with Crippen molar-refractivity contribution in [2.24, 2.45) is 5.73 Å². The lowest BCUT2D eigenvalue weighted by molar-refractivity contribution is 0.189. The van der Waals surface area contributed by atoms with Crippen LogP contribution in [-0.4, -0.2) is 55.2 Å². The van der Waals surface area contributed by atoms with Crippen LogP contribution in [0.5, 0.6) is 0 Å². The molecule has 1 fully saturated rings. The van der Waals surface area contributed by atoms with Gasteiger partial charge in [0, 0.05) is 44.0 Å². The highest BCUT2D eigenvalue weighted by molar-refractivity contribution is 5.95. The van der Waals surface area contributed by atoms with Gasteiger partial charge in [-0.2, -0.15) is 0 Å². The van der Waals surface area contributed by atoms with Crippen molar-refractivity contribution in [1.29, 1.82) is 5.41 Å². The molecule has 0 radical (unpaired) electrons. The topological polar surface area (TPSA) is 76.6 Å². The zero-order valence-corrected chi connectivity index (χ0v) is 11.7. The first-order valence-electron chi connectivity index (χ1n) is 6.23. The fourth-order valence-electron chi connectivity index (χ4n) is 2.22. The first-order valence-corrected chi connectivity index (χ1v) is 6.23. The van der Waals surface area contributed by atoms with Gasteiger partial charge in [0.2, 0.25) is 0 Å². The smallest absolute Gasteiger partial charge is 0.122 e. The zero-order valence-electron chi connectivity index (χ0n) is 10.9. The third-order valence-corrected chi connectivity index (χ3v) is 3.33. The van der Waals surface area contributed by atoms with Gasteiger partial charge in [-0.05, 0) is 24.3 Å². The van der Waals surface area contributed by atoms with Crippen LogP contribution >= 0.6 is 12.4 Å². The molecule has 0 spiro atoms. The molecule has 19 heavy (non-hydrogen) atoms. The first-order chi connectivity index (χ1) is 8.70. The van der Waals surface area contributed by atoms with E-state index in [9.17, 15) is 0 Å². The molecule has 1 saturated heterocycles. The number of nitrogens with one attached hydrogen (secondary N) is 1. The maximum Gasteiger partial charge on any atom is 0.122 e. The number of β-amino-alcohol motifs (C(OH)–C–C–N with tert-alkyl or cyclic N) is 1. The summed E-state index contributed by atoms with van der Waals surface area (Å²) in [7, 11) is 0. The predicted molar refractivity (Wildman–Crippen MR) is 80.4 cm³/mol. The number of piperazine rings is 1. The van der Waals surface area contributed by atoms with E-state index in [1.54, 1.807) is 0 Å². The number of nitrogens with two attached hydrogens (primary N) is 1. The molecule has 1 aromatic carbocycles. The van der Waals surface area contributed by atoms with Crippen molar-refractivity contribution in [3.63, 3.8) is 0 Å². The molecule has 0 bridgehead atoms. The normalized spacial score (nSPS) is 15.9. The van der Waals surface area contributed by atoms with E-state index in [2.05, 4.69) is 9.80 Å². The minimum Gasteiger partial charge on any atom is -0.395 e. The number of hydrogen-bond acceptors (Lipinski definition) is 4. The number of benzene rings is 1. The van der Waals surface area contributed by atoms with Gasteiger partial charge in [0.1, 0.15) is 5.84 Å². The Labute approximate surface area is 119 Å². The van der Waals surface area contributed by atoms with Crippen molar-refractivity contribution in [3.05, 3.63) is 29.8 Å². The van der Waals surface area contributed by atoms with Gasteiger partial charge in [-0.15, -0.1) is 12.4 Å². The summed E-state index contributed by atoms with van der Waals surface area (Å²) in [6, 6.07) is 7.80. The lowest BCUT2D eigenvalue weighted by Crippen LogP contribution is -2.47. The SMILES string of the molecule is Cl.N=C(N)c1ccc(N2CCN(CCO)CC2)cc1. The summed E-state index contributed by atoms with van der Waals surface area (Å²) in [5.41, 5.74) is 7.36. The molecule has 1 heterocycles. The molecule has 0 amide bonds. The first kappa shape index (κ1) is 15.8. The molecule has 6 heteroatoms. The van der Waals surface area contributed by atoms with Crippen LogP contribution in [0, 0.1) is 5.41 Å². The molecule has 0 saturated carbocycles. The molecule has 0 atom stereocenters. The van der Waals surface area contributed by atoms with Crippen LogP contribution in [0.2, 0.25) is 0 Å². The van der Waals surface area contributed by atoms with Gasteiger partial charge in [0.15, 0.2) is 0 Å². The third kappa shape index (κ3) is 4.09. The molecule has 0 unspecified atom stereocenters. The molecule has 1 aliphatic rings. The Morgan fingerprint density at radius 3 is 2.21 bits per heavy atom. The molecule has 106 valence electrons. The average Bonchev–Trinajstić information content (AvgIpc) is 2.40. The molecule has 4 N–H and O–H groups in total. The summed E-state index contributed by atoms with van der Waals surface area (Å²) in [5, 5.41) is 16.3. The van der Waals surface area contributed by atoms with E-state index in [0.29, 0.717) is 0 Å². The lowest BCUT2D eigenvalue weighted by Gasteiger charge is -2.35. The molecular formula is C13H21ClN4O. The van der Waals surface area contributed by atoms with E-state index < -0.39 is 0 Å². The fraction of sp³-hybridized carbons (Fsp3) is 0.462. The lowest BCUT2D eigenvalue weighted by atomic mass is 10.1. The number of nitrogen functional groups attached to an aromatic ring is 1. The minimum atomic E-state index is 0. The van der Waals surface area contributed by atoms with Crippen LogP contribution in [0.4, 0.5) is 5.69 Å². The van der Waals surface area contributed by atoms with Gasteiger partial charge < -0.3 is 15.7 Å². The van der Waals surface area contributed by atoms with Crippen molar-refractivity contribution in [2.45, 2.75) is 0 Å². The van der Waals surface area contributed by atoms with Crippen LogP contribution in [0.15, 0.2) is 24.3 Å². The van der Waals surface area contributed by atoms with Gasteiger partial charge >= 0.3 is 0 Å². The van der Waals surface area contributed by atoms with Crippen molar-refractivity contribution in [1.82, 2.24) is 4.90 Å². The molecule has 0 aliphatic carbocycles. The molecule has 1 aromatic rings. The third-order valence-electron chi connectivity index (χ3n) is 3.33. The van der Waals surface area contributed by atoms with Crippen molar-refractivity contribution < 1.29 is 5.11 Å². The highest BCUT2D eigenvalue weighted by Crippen LogP contribution is 2.17. The second-order valence-corrected chi connectivity index (χ2v) is 4.51. The van der Waals surface area contributed by atoms with Crippen LogP contribution in [0.1, 0.15) is 5.56 Å². The molecule has 2 rings (SSSR count). The Bertz CT molecular complexity index is 402. The quantitative estimate of drug-likeness (QED) is 0.556. The summed E-state index contributed by atoms with van der Waals surface area (Å²) in [6.45, 7) is 4.90. The maximum atomic E-state index is 8.90. The number of hydrogen-bond donors (Lipinski definition) is 3. The summed E-state index contributed by atoms with van der Waals surface area (Å²) < 4.78 is 0. The molecule has 1 aliphatic heterocycles. The fourth-order valence-corrected chi connectivity index (χ4v) is 2.22. The van der Waals surface area contributed by atoms with E-state index in [0.717, 1.165) is 38.3 Å². The van der Waals surface area contributed by atoms with Crippen LogP contribution in [0.25, 0.3) is 0 Å². The molecule has 5 nitrogen and oxygen atoms in total. The molecule has 0 aromatic heterocycles. The zero-order chi connectivity index (χ0) is 13.0. The van der Waals surface area contributed by atoms with E-state index >= 15 is 0 Å². The number of halogens is 1. The Balaban J connectivity index is 0.00000180.